The molecule has 5 rings (SSSR count). The van der Waals surface area contributed by atoms with E-state index in [1.807, 2.05) is 48.0 Å². The van der Waals surface area contributed by atoms with E-state index in [0.717, 1.165) is 41.4 Å². The first-order valence-corrected chi connectivity index (χ1v) is 13.9. The summed E-state index contributed by atoms with van der Waals surface area (Å²) in [6, 6.07) is 5.33. The molecule has 1 fully saturated rings. The number of hydrogen-bond acceptors (Lipinski definition) is 7. The number of aliphatic imine (C=N–C) groups is 1. The second-order valence-corrected chi connectivity index (χ2v) is 11.8. The number of pyridine rings is 1. The lowest BCUT2D eigenvalue weighted by atomic mass is 9.84. The summed E-state index contributed by atoms with van der Waals surface area (Å²) in [5.74, 6) is -2.26. The molecule has 0 aromatic carbocycles. The smallest absolute Gasteiger partial charge is 0.297 e. The fourth-order valence-corrected chi connectivity index (χ4v) is 6.65. The summed E-state index contributed by atoms with van der Waals surface area (Å²) < 4.78 is 37.0. The fourth-order valence-electron chi connectivity index (χ4n) is 5.17. The molecular weight excluding hydrogens is 542 g/mol. The Labute approximate surface area is 236 Å². The molecule has 1 spiro atoms. The highest BCUT2D eigenvalue weighted by molar-refractivity contribution is 7.16. The molecule has 2 aliphatic rings. The minimum atomic E-state index is -3.00. The third kappa shape index (κ3) is 5.56. The van der Waals surface area contributed by atoms with Crippen molar-refractivity contribution in [3.05, 3.63) is 86.9 Å². The van der Waals surface area contributed by atoms with Gasteiger partial charge in [0.05, 0.1) is 16.6 Å². The Bertz CT molecular complexity index is 1410. The van der Waals surface area contributed by atoms with Gasteiger partial charge in [0.15, 0.2) is 5.82 Å². The normalized spacial score (nSPS) is 18.4. The number of rotatable bonds is 8. The Hall–Kier alpha value is -2.92. The largest absolute Gasteiger partial charge is 0.363 e. The molecule has 3 aromatic rings. The molecule has 206 valence electrons. The number of likely N-dealkylation sites (tertiary alicyclic amines) is 1. The van der Waals surface area contributed by atoms with E-state index in [9.17, 15) is 8.78 Å². The molecule has 11 heteroatoms. The first-order chi connectivity index (χ1) is 18.6. The van der Waals surface area contributed by atoms with Crippen LogP contribution in [-0.2, 0) is 29.3 Å². The van der Waals surface area contributed by atoms with Crippen molar-refractivity contribution < 1.29 is 13.5 Å². The molecule has 0 N–H and O–H groups in total. The molecule has 0 radical (unpaired) electrons. The number of ether oxygens (including phenoxy) is 1. The molecule has 0 unspecified atom stereocenters. The van der Waals surface area contributed by atoms with Crippen molar-refractivity contribution in [2.75, 3.05) is 19.7 Å². The Kier molecular flexibility index (Phi) is 7.74. The van der Waals surface area contributed by atoms with E-state index in [1.165, 1.54) is 17.4 Å². The van der Waals surface area contributed by atoms with Gasteiger partial charge in [0, 0.05) is 71.7 Å². The molecule has 1 saturated heterocycles. The van der Waals surface area contributed by atoms with Gasteiger partial charge in [-0.05, 0) is 45.5 Å². The molecule has 2 aliphatic heterocycles. The van der Waals surface area contributed by atoms with Crippen LogP contribution in [0.5, 0.6) is 0 Å². The Morgan fingerprint density at radius 1 is 1.33 bits per heavy atom. The standard InChI is InChI=1S/C28H31ClF2N6OS/c1-19(2)36(13-10-32-4)16-21-6-5-9-33-26(21)37-17-22(20(3)34-37)15-35-11-7-27(8-12-35)25-23(14-24(29)39-25)28(30,31)18-38-27/h5-6,9-10,13-14,17H,1,4,7-8,11-12,15-16,18H2,2-3H3. The number of allylic oxidation sites excluding steroid dienone is 1. The lowest BCUT2D eigenvalue weighted by molar-refractivity contribution is -0.182. The van der Waals surface area contributed by atoms with Crippen molar-refractivity contribution in [1.82, 2.24) is 24.6 Å². The van der Waals surface area contributed by atoms with Gasteiger partial charge in [-0.3, -0.25) is 9.89 Å². The van der Waals surface area contributed by atoms with Crippen LogP contribution in [0.4, 0.5) is 8.78 Å². The summed E-state index contributed by atoms with van der Waals surface area (Å²) in [6.45, 7) is 13.6. The monoisotopic (exact) mass is 572 g/mol. The van der Waals surface area contributed by atoms with E-state index in [1.54, 1.807) is 12.4 Å². The number of thiophene rings is 1. The SMILES string of the molecule is C=NC=CN(Cc1cccnc1-n1cc(CN2CCC3(CC2)OCC(F)(F)c2cc(Cl)sc23)c(C)n1)C(=C)C. The first kappa shape index (κ1) is 27.6. The maximum Gasteiger partial charge on any atom is 0.297 e. The van der Waals surface area contributed by atoms with E-state index in [-0.39, 0.29) is 5.56 Å². The quantitative estimate of drug-likeness (QED) is 0.292. The van der Waals surface area contributed by atoms with Gasteiger partial charge in [-0.1, -0.05) is 24.2 Å². The van der Waals surface area contributed by atoms with Gasteiger partial charge in [-0.2, -0.15) is 13.9 Å². The molecule has 0 aliphatic carbocycles. The molecular formula is C28H31ClF2N6OS. The molecule has 0 atom stereocenters. The molecule has 7 nitrogen and oxygen atoms in total. The molecule has 0 saturated carbocycles. The molecule has 0 bridgehead atoms. The van der Waals surface area contributed by atoms with Crippen LogP contribution < -0.4 is 0 Å². The summed E-state index contributed by atoms with van der Waals surface area (Å²) in [5.41, 5.74) is 3.19. The zero-order valence-electron chi connectivity index (χ0n) is 22.0. The van der Waals surface area contributed by atoms with E-state index in [4.69, 9.17) is 21.4 Å². The van der Waals surface area contributed by atoms with Crippen LogP contribution in [0.1, 0.15) is 47.0 Å². The zero-order valence-corrected chi connectivity index (χ0v) is 23.6. The van der Waals surface area contributed by atoms with E-state index < -0.39 is 18.1 Å². The van der Waals surface area contributed by atoms with Crippen molar-refractivity contribution >= 4 is 29.7 Å². The van der Waals surface area contributed by atoms with Gasteiger partial charge in [0.1, 0.15) is 12.2 Å². The number of fused-ring (bicyclic) bond motifs is 2. The molecule has 5 heterocycles. The van der Waals surface area contributed by atoms with Crippen LogP contribution in [0.25, 0.3) is 5.82 Å². The predicted octanol–water partition coefficient (Wildman–Crippen LogP) is 6.41. The van der Waals surface area contributed by atoms with Gasteiger partial charge in [0.25, 0.3) is 5.92 Å². The first-order valence-electron chi connectivity index (χ1n) is 12.7. The van der Waals surface area contributed by atoms with Crippen LogP contribution >= 0.6 is 22.9 Å². The van der Waals surface area contributed by atoms with Crippen molar-refractivity contribution in [3.63, 3.8) is 0 Å². The van der Waals surface area contributed by atoms with Crippen molar-refractivity contribution in [2.45, 2.75) is 51.3 Å². The summed E-state index contributed by atoms with van der Waals surface area (Å²) in [6.07, 6.45) is 8.50. The van der Waals surface area contributed by atoms with Crippen LogP contribution in [0.2, 0.25) is 4.34 Å². The third-order valence-corrected chi connectivity index (χ3v) is 8.81. The van der Waals surface area contributed by atoms with Crippen molar-refractivity contribution in [2.24, 2.45) is 4.99 Å². The fraction of sp³-hybridized carbons (Fsp3) is 0.393. The topological polar surface area (TPSA) is 58.8 Å². The summed E-state index contributed by atoms with van der Waals surface area (Å²) >= 11 is 7.37. The van der Waals surface area contributed by atoms with Crippen LogP contribution in [-0.4, -0.2) is 51.0 Å². The number of hydrogen-bond donors (Lipinski definition) is 0. The second-order valence-electron chi connectivity index (χ2n) is 10.1. The zero-order chi connectivity index (χ0) is 27.8. The number of nitrogens with zero attached hydrogens (tertiary/aromatic N) is 6. The summed E-state index contributed by atoms with van der Waals surface area (Å²) in [5, 5.41) is 4.77. The van der Waals surface area contributed by atoms with E-state index in [0.29, 0.717) is 35.1 Å². The van der Waals surface area contributed by atoms with Gasteiger partial charge in [-0.15, -0.1) is 11.3 Å². The van der Waals surface area contributed by atoms with Crippen LogP contribution in [0, 0.1) is 6.92 Å². The number of aromatic nitrogens is 3. The molecule has 0 amide bonds. The number of halogens is 3. The third-order valence-electron chi connectivity index (χ3n) is 7.37. The maximum absolute atomic E-state index is 14.5. The Balaban J connectivity index is 1.31. The number of piperidine rings is 1. The van der Waals surface area contributed by atoms with Crippen molar-refractivity contribution in [1.29, 1.82) is 0 Å². The molecule has 3 aromatic heterocycles. The van der Waals surface area contributed by atoms with Crippen LogP contribution in [0.15, 0.2) is 60.3 Å². The van der Waals surface area contributed by atoms with Gasteiger partial charge < -0.3 is 9.64 Å². The van der Waals surface area contributed by atoms with Crippen molar-refractivity contribution in [3.8, 4) is 5.82 Å². The maximum atomic E-state index is 14.5. The van der Waals surface area contributed by atoms with Crippen LogP contribution in [0.3, 0.4) is 0 Å². The predicted molar refractivity (Wildman–Crippen MR) is 151 cm³/mol. The lowest BCUT2D eigenvalue weighted by Crippen LogP contribution is -2.48. The van der Waals surface area contributed by atoms with Gasteiger partial charge >= 0.3 is 0 Å². The second kappa shape index (κ2) is 10.9. The van der Waals surface area contributed by atoms with E-state index in [2.05, 4.69) is 28.2 Å². The Morgan fingerprint density at radius 2 is 2.10 bits per heavy atom. The summed E-state index contributed by atoms with van der Waals surface area (Å²) in [7, 11) is 0. The minimum Gasteiger partial charge on any atom is -0.363 e. The highest BCUT2D eigenvalue weighted by Crippen LogP contribution is 2.52. The minimum absolute atomic E-state index is 0.0296. The Morgan fingerprint density at radius 3 is 2.82 bits per heavy atom. The highest BCUT2D eigenvalue weighted by Gasteiger charge is 2.51. The van der Waals surface area contributed by atoms with Gasteiger partial charge in [-0.25, -0.2) is 9.67 Å². The van der Waals surface area contributed by atoms with E-state index >= 15 is 0 Å². The highest BCUT2D eigenvalue weighted by atomic mass is 35.5. The number of alkyl halides is 2. The number of aryl methyl sites for hydroxylation is 1. The lowest BCUT2D eigenvalue weighted by Gasteiger charge is -2.45. The summed E-state index contributed by atoms with van der Waals surface area (Å²) in [4.78, 5) is 13.3. The molecule has 39 heavy (non-hydrogen) atoms. The average molecular weight is 573 g/mol. The average Bonchev–Trinajstić information content (AvgIpc) is 3.49. The van der Waals surface area contributed by atoms with Gasteiger partial charge in [0.2, 0.25) is 0 Å².